The summed E-state index contributed by atoms with van der Waals surface area (Å²) < 4.78 is 0. The topological polar surface area (TPSA) is 29.3 Å². The number of allylic oxidation sites excluding steroid dienone is 1. The lowest BCUT2D eigenvalue weighted by molar-refractivity contribution is 0.215. The monoisotopic (exact) mass is 234 g/mol. The Morgan fingerprint density at radius 2 is 1.94 bits per heavy atom. The first kappa shape index (κ1) is 13.9. The van der Waals surface area contributed by atoms with Crippen LogP contribution in [0.25, 0.3) is 0 Å². The summed E-state index contributed by atoms with van der Waals surface area (Å²) in [6, 6.07) is 0.264. The van der Waals surface area contributed by atoms with Gasteiger partial charge in [-0.05, 0) is 25.2 Å². The summed E-state index contributed by atoms with van der Waals surface area (Å²) in [5.74, 6) is 1.23. The highest BCUT2D eigenvalue weighted by atomic mass is 15.2. The van der Waals surface area contributed by atoms with Gasteiger partial charge in [0, 0.05) is 5.70 Å². The summed E-state index contributed by atoms with van der Waals surface area (Å²) in [6.45, 7) is 14.1. The molecule has 1 saturated carbocycles. The fourth-order valence-electron chi connectivity index (χ4n) is 2.76. The van der Waals surface area contributed by atoms with Gasteiger partial charge < -0.3 is 10.6 Å². The molecule has 2 N–H and O–H groups in total. The van der Waals surface area contributed by atoms with Crippen LogP contribution in [0.5, 0.6) is 0 Å². The summed E-state index contributed by atoms with van der Waals surface area (Å²) in [5.41, 5.74) is 6.95. The van der Waals surface area contributed by atoms with Crippen LogP contribution in [0.3, 0.4) is 0 Å². The molecule has 0 saturated heterocycles. The summed E-state index contributed by atoms with van der Waals surface area (Å²) in [5, 5.41) is 0. The van der Waals surface area contributed by atoms with Gasteiger partial charge >= 0.3 is 0 Å². The van der Waals surface area contributed by atoms with E-state index in [9.17, 15) is 0 Å². The molecule has 0 radical (unpaired) electrons. The average molecular weight is 234 g/mol. The molecule has 0 spiro atoms. The third-order valence-corrected chi connectivity index (χ3v) is 3.73. The van der Waals surface area contributed by atoms with Gasteiger partial charge in [0.25, 0.3) is 0 Å². The molecule has 0 aliphatic heterocycles. The van der Waals surface area contributed by atoms with E-state index in [1.807, 2.05) is 6.08 Å². The van der Waals surface area contributed by atoms with E-state index < -0.39 is 0 Å². The molecule has 0 heterocycles. The molecule has 2 nitrogen and oxygen atoms in total. The van der Waals surface area contributed by atoms with Crippen LogP contribution in [0.15, 0.2) is 37.3 Å². The molecule has 1 fully saturated rings. The zero-order chi connectivity index (χ0) is 12.8. The predicted molar refractivity (Wildman–Crippen MR) is 75.2 cm³/mol. The van der Waals surface area contributed by atoms with Gasteiger partial charge in [0.05, 0.1) is 11.9 Å². The Kier molecular flexibility index (Phi) is 5.33. The van der Waals surface area contributed by atoms with Crippen molar-refractivity contribution in [2.75, 3.05) is 0 Å². The van der Waals surface area contributed by atoms with Crippen LogP contribution in [-0.2, 0) is 0 Å². The molecule has 1 atom stereocenters. The van der Waals surface area contributed by atoms with Crippen molar-refractivity contribution >= 4 is 0 Å². The fourth-order valence-corrected chi connectivity index (χ4v) is 2.76. The molecule has 1 rings (SSSR count). The van der Waals surface area contributed by atoms with Gasteiger partial charge in [0.15, 0.2) is 0 Å². The minimum absolute atomic E-state index is 0.264. The molecule has 17 heavy (non-hydrogen) atoms. The molecule has 1 aliphatic rings. The highest BCUT2D eigenvalue weighted by Gasteiger charge is 2.27. The van der Waals surface area contributed by atoms with Crippen LogP contribution < -0.4 is 5.73 Å². The molecule has 0 bridgehead atoms. The summed E-state index contributed by atoms with van der Waals surface area (Å²) in [4.78, 5) is 2.07. The maximum absolute atomic E-state index is 5.92. The van der Waals surface area contributed by atoms with E-state index in [4.69, 9.17) is 5.73 Å². The van der Waals surface area contributed by atoms with E-state index in [-0.39, 0.29) is 6.04 Å². The third kappa shape index (κ3) is 3.39. The van der Waals surface area contributed by atoms with Crippen molar-refractivity contribution in [2.24, 2.45) is 11.7 Å². The molecule has 0 amide bonds. The van der Waals surface area contributed by atoms with E-state index in [1.54, 1.807) is 0 Å². The summed E-state index contributed by atoms with van der Waals surface area (Å²) in [7, 11) is 0. The number of rotatable bonds is 6. The molecule has 0 aromatic rings. The molecular weight excluding hydrogens is 208 g/mol. The second kappa shape index (κ2) is 6.53. The van der Waals surface area contributed by atoms with Gasteiger partial charge in [-0.25, -0.2) is 0 Å². The van der Waals surface area contributed by atoms with E-state index in [0.29, 0.717) is 11.7 Å². The Balaban J connectivity index is 2.83. The normalized spacial score (nSPS) is 18.4. The Morgan fingerprint density at radius 3 is 2.35 bits per heavy atom. The van der Waals surface area contributed by atoms with Crippen molar-refractivity contribution in [1.29, 1.82) is 0 Å². The molecule has 1 unspecified atom stereocenters. The van der Waals surface area contributed by atoms with Crippen LogP contribution in [0.1, 0.15) is 45.4 Å². The van der Waals surface area contributed by atoms with Crippen LogP contribution in [0, 0.1) is 5.92 Å². The lowest BCUT2D eigenvalue weighted by atomic mass is 9.83. The zero-order valence-corrected chi connectivity index (χ0v) is 11.1. The van der Waals surface area contributed by atoms with Gasteiger partial charge in [-0.2, -0.15) is 0 Å². The average Bonchev–Trinajstić information content (AvgIpc) is 2.35. The maximum Gasteiger partial charge on any atom is 0.0960 e. The smallest absolute Gasteiger partial charge is 0.0960 e. The summed E-state index contributed by atoms with van der Waals surface area (Å²) >= 11 is 0. The highest BCUT2D eigenvalue weighted by Crippen LogP contribution is 2.32. The largest absolute Gasteiger partial charge is 0.386 e. The van der Waals surface area contributed by atoms with E-state index in [2.05, 4.69) is 31.6 Å². The number of hydrogen-bond acceptors (Lipinski definition) is 2. The van der Waals surface area contributed by atoms with Crippen molar-refractivity contribution in [3.8, 4) is 0 Å². The minimum Gasteiger partial charge on any atom is -0.386 e. The molecule has 2 heteroatoms. The number of nitrogens with two attached hydrogens (primary N) is 1. The van der Waals surface area contributed by atoms with Crippen molar-refractivity contribution in [3.63, 3.8) is 0 Å². The van der Waals surface area contributed by atoms with Crippen LogP contribution in [-0.4, -0.2) is 10.9 Å². The van der Waals surface area contributed by atoms with Gasteiger partial charge in [-0.1, -0.05) is 45.4 Å². The summed E-state index contributed by atoms with van der Waals surface area (Å²) in [6.07, 6.45) is 9.42. The van der Waals surface area contributed by atoms with Gasteiger partial charge in [-0.3, -0.25) is 0 Å². The van der Waals surface area contributed by atoms with Crippen molar-refractivity contribution < 1.29 is 0 Å². The molecule has 0 aromatic heterocycles. The number of hydrogen-bond donors (Lipinski definition) is 1. The van der Waals surface area contributed by atoms with E-state index in [1.165, 1.54) is 32.1 Å². The molecule has 96 valence electrons. The first-order chi connectivity index (χ1) is 8.11. The number of nitrogens with zero attached hydrogens (tertiary/aromatic N) is 1. The Labute approximate surface area is 106 Å². The van der Waals surface area contributed by atoms with Gasteiger partial charge in [0.2, 0.25) is 0 Å². The second-order valence-electron chi connectivity index (χ2n) is 4.91. The third-order valence-electron chi connectivity index (χ3n) is 3.73. The second-order valence-corrected chi connectivity index (χ2v) is 4.91. The fraction of sp³-hybridized carbons (Fsp3) is 0.600. The first-order valence-corrected chi connectivity index (χ1v) is 6.65. The van der Waals surface area contributed by atoms with Crippen LogP contribution in [0.2, 0.25) is 0 Å². The standard InChI is InChI=1S/C15H26N2/c1-5-12(3)17(13(4)16)15(6-2)14-10-8-7-9-11-14/h6,14-15H,2-5,7-11,16H2,1H3. The SMILES string of the molecule is C=CC(C1CCCCC1)N(C(=C)N)C(=C)CC. The minimum atomic E-state index is 0.264. The first-order valence-electron chi connectivity index (χ1n) is 6.65. The maximum atomic E-state index is 5.92. The molecule has 1 aliphatic carbocycles. The lowest BCUT2D eigenvalue weighted by Crippen LogP contribution is -2.40. The van der Waals surface area contributed by atoms with E-state index in [0.717, 1.165) is 12.1 Å². The lowest BCUT2D eigenvalue weighted by Gasteiger charge is -2.39. The quantitative estimate of drug-likeness (QED) is 0.709. The van der Waals surface area contributed by atoms with Gasteiger partial charge in [0.1, 0.15) is 0 Å². The Hall–Kier alpha value is -1.18. The molecule has 0 aromatic carbocycles. The predicted octanol–water partition coefficient (Wildman–Crippen LogP) is 3.78. The highest BCUT2D eigenvalue weighted by molar-refractivity contribution is 5.12. The Morgan fingerprint density at radius 1 is 1.35 bits per heavy atom. The van der Waals surface area contributed by atoms with Crippen LogP contribution in [0.4, 0.5) is 0 Å². The zero-order valence-electron chi connectivity index (χ0n) is 11.1. The van der Waals surface area contributed by atoms with Crippen molar-refractivity contribution in [1.82, 2.24) is 4.90 Å². The van der Waals surface area contributed by atoms with Crippen molar-refractivity contribution in [2.45, 2.75) is 51.5 Å². The van der Waals surface area contributed by atoms with E-state index >= 15 is 0 Å². The van der Waals surface area contributed by atoms with Gasteiger partial charge in [-0.15, -0.1) is 6.58 Å². The Bertz CT molecular complexity index is 287. The molecular formula is C15H26N2. The van der Waals surface area contributed by atoms with Crippen molar-refractivity contribution in [3.05, 3.63) is 37.3 Å². The van der Waals surface area contributed by atoms with Crippen LogP contribution >= 0.6 is 0 Å².